The molecule has 0 saturated heterocycles. The second kappa shape index (κ2) is 11.2. The maximum atomic E-state index is 5.66. The zero-order chi connectivity index (χ0) is 23.0. The molecule has 0 aliphatic rings. The number of hydrogen-bond donors (Lipinski definition) is 4. The minimum Gasteiger partial charge on any atom is -0.492 e. The van der Waals surface area contributed by atoms with E-state index in [1.807, 2.05) is 56.6 Å². The van der Waals surface area contributed by atoms with E-state index in [0.29, 0.717) is 12.6 Å². The van der Waals surface area contributed by atoms with Crippen LogP contribution in [0.15, 0.2) is 59.6 Å². The van der Waals surface area contributed by atoms with Crippen molar-refractivity contribution in [1.82, 2.24) is 20.0 Å². The molecule has 0 aliphatic carbocycles. The van der Waals surface area contributed by atoms with E-state index in [4.69, 9.17) is 4.74 Å². The van der Waals surface area contributed by atoms with Gasteiger partial charge >= 0.3 is 0 Å². The molecule has 0 fully saturated rings. The summed E-state index contributed by atoms with van der Waals surface area (Å²) in [5, 5.41) is 9.73. The topological polar surface area (TPSA) is 83.1 Å². The van der Waals surface area contributed by atoms with Crippen molar-refractivity contribution in [2.75, 3.05) is 30.8 Å². The molecule has 3 aromatic rings. The molecule has 2 aromatic carbocycles. The van der Waals surface area contributed by atoms with E-state index in [1.165, 1.54) is 0 Å². The highest BCUT2D eigenvalue weighted by Gasteiger charge is 2.10. The van der Waals surface area contributed by atoms with E-state index in [2.05, 4.69) is 63.5 Å². The fourth-order valence-corrected chi connectivity index (χ4v) is 3.41. The predicted molar refractivity (Wildman–Crippen MR) is 134 cm³/mol. The fourth-order valence-electron chi connectivity index (χ4n) is 2.65. The Hall–Kier alpha value is -2.81. The van der Waals surface area contributed by atoms with E-state index < -0.39 is 0 Å². The largest absolute Gasteiger partial charge is 0.492 e. The maximum Gasteiger partial charge on any atom is 0.229 e. The summed E-state index contributed by atoms with van der Waals surface area (Å²) in [6.07, 6.45) is 1.81. The first-order valence-electron chi connectivity index (χ1n) is 10.6. The van der Waals surface area contributed by atoms with Crippen LogP contribution < -0.4 is 25.4 Å². The molecule has 1 aromatic heterocycles. The summed E-state index contributed by atoms with van der Waals surface area (Å²) in [4.78, 5) is 10.2. The molecule has 1 heterocycles. The van der Waals surface area contributed by atoms with Crippen molar-refractivity contribution in [3.8, 4) is 5.75 Å². The van der Waals surface area contributed by atoms with Crippen molar-refractivity contribution >= 4 is 35.1 Å². The smallest absolute Gasteiger partial charge is 0.229 e. The molecule has 3 rings (SSSR count). The van der Waals surface area contributed by atoms with Crippen LogP contribution >= 0.6 is 11.9 Å². The highest BCUT2D eigenvalue weighted by atomic mass is 32.2. The molecule has 0 aliphatic heterocycles. The van der Waals surface area contributed by atoms with Gasteiger partial charge in [-0.25, -0.2) is 4.98 Å². The molecule has 0 unspecified atom stereocenters. The van der Waals surface area contributed by atoms with Crippen molar-refractivity contribution in [3.63, 3.8) is 0 Å². The fraction of sp³-hybridized carbons (Fsp3) is 0.333. The highest BCUT2D eigenvalue weighted by molar-refractivity contribution is 7.97. The van der Waals surface area contributed by atoms with Crippen LogP contribution in [0.5, 0.6) is 5.75 Å². The van der Waals surface area contributed by atoms with Crippen molar-refractivity contribution in [2.24, 2.45) is 0 Å². The number of nitrogens with zero attached hydrogens (tertiary/aromatic N) is 2. The monoisotopic (exact) mass is 452 g/mol. The lowest BCUT2D eigenvalue weighted by molar-refractivity contribution is 0.318. The van der Waals surface area contributed by atoms with Crippen LogP contribution in [-0.4, -0.2) is 35.7 Å². The average Bonchev–Trinajstić information content (AvgIpc) is 2.76. The van der Waals surface area contributed by atoms with E-state index in [1.54, 1.807) is 11.9 Å². The second-order valence-corrected chi connectivity index (χ2v) is 9.31. The van der Waals surface area contributed by atoms with Gasteiger partial charge in [-0.1, -0.05) is 6.07 Å². The molecule has 0 spiro atoms. The van der Waals surface area contributed by atoms with Crippen LogP contribution in [0, 0.1) is 6.92 Å². The number of benzene rings is 2. The van der Waals surface area contributed by atoms with Crippen LogP contribution in [0.4, 0.5) is 23.1 Å². The summed E-state index contributed by atoms with van der Waals surface area (Å²) in [6, 6.07) is 16.0. The predicted octanol–water partition coefficient (Wildman–Crippen LogP) is 5.27. The Balaban J connectivity index is 1.66. The Morgan fingerprint density at radius 2 is 1.78 bits per heavy atom. The minimum atomic E-state index is 0.0367. The van der Waals surface area contributed by atoms with Crippen LogP contribution in [0.3, 0.4) is 0 Å². The van der Waals surface area contributed by atoms with Gasteiger partial charge in [0.2, 0.25) is 5.95 Å². The quantitative estimate of drug-likeness (QED) is 0.245. The number of nitrogens with one attached hydrogen (secondary N) is 4. The first-order valence-corrected chi connectivity index (χ1v) is 11.4. The van der Waals surface area contributed by atoms with E-state index in [0.717, 1.165) is 39.9 Å². The molecule has 7 nitrogen and oxygen atoms in total. The Labute approximate surface area is 194 Å². The van der Waals surface area contributed by atoms with E-state index >= 15 is 0 Å². The Morgan fingerprint density at radius 1 is 1.00 bits per heavy atom. The van der Waals surface area contributed by atoms with Gasteiger partial charge in [-0.05, 0) is 89.2 Å². The van der Waals surface area contributed by atoms with Crippen LogP contribution in [-0.2, 0) is 0 Å². The standard InChI is InChI=1S/C24H32N6OS/c1-17-16-26-23(28-18-9-11-20(12-10-18)31-14-13-25-5)29-22(17)27-19-7-6-8-21(15-19)32-30-24(2,3)4/h6-12,15-16,25,30H,13-14H2,1-5H3,(H2,26,27,28,29). The van der Waals surface area contributed by atoms with Crippen molar-refractivity contribution in [2.45, 2.75) is 38.1 Å². The van der Waals surface area contributed by atoms with Crippen LogP contribution in [0.25, 0.3) is 0 Å². The van der Waals surface area contributed by atoms with Crippen LogP contribution in [0.2, 0.25) is 0 Å². The maximum absolute atomic E-state index is 5.66. The molecule has 0 atom stereocenters. The summed E-state index contributed by atoms with van der Waals surface area (Å²) >= 11 is 1.62. The number of ether oxygens (including phenoxy) is 1. The minimum absolute atomic E-state index is 0.0367. The molecule has 4 N–H and O–H groups in total. The van der Waals surface area contributed by atoms with Gasteiger partial charge in [-0.2, -0.15) is 4.98 Å². The average molecular weight is 453 g/mol. The van der Waals surface area contributed by atoms with Gasteiger partial charge in [0.25, 0.3) is 0 Å². The summed E-state index contributed by atoms with van der Waals surface area (Å²) < 4.78 is 9.10. The number of hydrogen-bond acceptors (Lipinski definition) is 8. The normalized spacial score (nSPS) is 11.3. The first kappa shape index (κ1) is 23.8. The van der Waals surface area contributed by atoms with Crippen molar-refractivity contribution in [3.05, 3.63) is 60.3 Å². The van der Waals surface area contributed by atoms with Crippen LogP contribution in [0.1, 0.15) is 26.3 Å². The SMILES string of the molecule is CNCCOc1ccc(Nc2ncc(C)c(Nc3cccc(SNC(C)(C)C)c3)n2)cc1. The molecule has 170 valence electrons. The number of anilines is 4. The lowest BCUT2D eigenvalue weighted by atomic mass is 10.1. The summed E-state index contributed by atoms with van der Waals surface area (Å²) in [5.41, 5.74) is 2.87. The third-order valence-corrected chi connectivity index (χ3v) is 5.48. The van der Waals surface area contributed by atoms with Gasteiger partial charge in [-0.15, -0.1) is 0 Å². The highest BCUT2D eigenvalue weighted by Crippen LogP contribution is 2.26. The van der Waals surface area contributed by atoms with Crippen molar-refractivity contribution in [1.29, 1.82) is 0 Å². The van der Waals surface area contributed by atoms with E-state index in [-0.39, 0.29) is 5.54 Å². The Morgan fingerprint density at radius 3 is 2.50 bits per heavy atom. The van der Waals surface area contributed by atoms with Crippen molar-refractivity contribution < 1.29 is 4.74 Å². The summed E-state index contributed by atoms with van der Waals surface area (Å²) in [5.74, 6) is 2.12. The Kier molecular flexibility index (Phi) is 8.33. The zero-order valence-electron chi connectivity index (χ0n) is 19.3. The molecule has 0 bridgehead atoms. The third kappa shape index (κ3) is 7.71. The van der Waals surface area contributed by atoms with Gasteiger partial charge < -0.3 is 20.7 Å². The molecule has 8 heteroatoms. The molecular formula is C24H32N6OS. The van der Waals surface area contributed by atoms with Gasteiger partial charge in [0.1, 0.15) is 18.2 Å². The van der Waals surface area contributed by atoms with E-state index in [9.17, 15) is 0 Å². The zero-order valence-corrected chi connectivity index (χ0v) is 20.1. The van der Waals surface area contributed by atoms with Gasteiger partial charge in [0, 0.05) is 40.1 Å². The van der Waals surface area contributed by atoms with Gasteiger partial charge in [0.05, 0.1) is 0 Å². The second-order valence-electron chi connectivity index (χ2n) is 8.43. The van der Waals surface area contributed by atoms with Gasteiger partial charge in [0.15, 0.2) is 0 Å². The third-order valence-electron chi connectivity index (χ3n) is 4.27. The number of aromatic nitrogens is 2. The first-order chi connectivity index (χ1) is 15.3. The summed E-state index contributed by atoms with van der Waals surface area (Å²) in [6.45, 7) is 9.86. The van der Waals surface area contributed by atoms with Gasteiger partial charge in [-0.3, -0.25) is 4.72 Å². The molecular weight excluding hydrogens is 420 g/mol. The summed E-state index contributed by atoms with van der Waals surface area (Å²) in [7, 11) is 1.90. The lowest BCUT2D eigenvalue weighted by Crippen LogP contribution is -2.29. The molecule has 0 saturated carbocycles. The number of aryl methyl sites for hydroxylation is 1. The Bertz CT molecular complexity index is 1000. The number of rotatable bonds is 10. The molecule has 32 heavy (non-hydrogen) atoms. The number of likely N-dealkylation sites (N-methyl/N-ethyl adjacent to an activating group) is 1. The molecule has 0 amide bonds. The molecule has 0 radical (unpaired) electrons. The lowest BCUT2D eigenvalue weighted by Gasteiger charge is -2.19.